The van der Waals surface area contributed by atoms with Gasteiger partial charge >= 0.3 is 0 Å². The summed E-state index contributed by atoms with van der Waals surface area (Å²) in [5.74, 6) is 1.52. The lowest BCUT2D eigenvalue weighted by atomic mass is 10.1. The van der Waals surface area contributed by atoms with Gasteiger partial charge < -0.3 is 9.47 Å². The second-order valence-electron chi connectivity index (χ2n) is 2.66. The van der Waals surface area contributed by atoms with Crippen LogP contribution in [0, 0.1) is 0 Å². The topological polar surface area (TPSA) is 31.4 Å². The first kappa shape index (κ1) is 10.9. The molecule has 0 spiro atoms. The maximum Gasteiger partial charge on any atom is 0.213 e. The first-order chi connectivity index (χ1) is 6.72. The van der Waals surface area contributed by atoms with Crippen molar-refractivity contribution in [2.75, 3.05) is 20.1 Å². The zero-order valence-electron chi connectivity index (χ0n) is 8.21. The van der Waals surface area contributed by atoms with Crippen molar-refractivity contribution in [3.63, 3.8) is 0 Å². The van der Waals surface area contributed by atoms with Crippen LogP contribution in [-0.2, 0) is 0 Å². The number of alkyl halides is 1. The third-order valence-corrected chi connectivity index (χ3v) is 2.14. The number of allylic oxidation sites excluding steroid dienone is 1. The Balaban J connectivity index is 3.14. The van der Waals surface area contributed by atoms with Gasteiger partial charge in [0.1, 0.15) is 5.75 Å². The number of pyridine rings is 1. The van der Waals surface area contributed by atoms with Crippen LogP contribution >= 0.6 is 11.6 Å². The molecule has 1 rings (SSSR count). The van der Waals surface area contributed by atoms with Crippen molar-refractivity contribution in [2.24, 2.45) is 0 Å². The minimum Gasteiger partial charge on any atom is -0.494 e. The lowest BCUT2D eigenvalue weighted by Crippen LogP contribution is -1.95. The van der Waals surface area contributed by atoms with Crippen LogP contribution < -0.4 is 9.47 Å². The number of rotatable bonds is 4. The molecule has 0 aromatic carbocycles. The molecule has 0 aliphatic carbocycles. The van der Waals surface area contributed by atoms with E-state index in [0.717, 1.165) is 11.1 Å². The minimum absolute atomic E-state index is 0.351. The molecule has 0 N–H and O–H groups in total. The predicted octanol–water partition coefficient (Wildman–Crippen LogP) is 2.35. The van der Waals surface area contributed by atoms with Crippen molar-refractivity contribution in [1.82, 2.24) is 4.98 Å². The Morgan fingerprint density at radius 3 is 2.71 bits per heavy atom. The molecule has 4 heteroatoms. The summed E-state index contributed by atoms with van der Waals surface area (Å²) in [6, 6.07) is 1.75. The van der Waals surface area contributed by atoms with E-state index in [0.29, 0.717) is 17.5 Å². The van der Waals surface area contributed by atoms with Crippen LogP contribution in [0.15, 0.2) is 18.8 Å². The summed E-state index contributed by atoms with van der Waals surface area (Å²) in [5.41, 5.74) is 1.61. The maximum absolute atomic E-state index is 5.69. The van der Waals surface area contributed by atoms with Gasteiger partial charge in [-0.2, -0.15) is 0 Å². The number of hydrogen-bond acceptors (Lipinski definition) is 3. The fraction of sp³-hybridized carbons (Fsp3) is 0.300. The van der Waals surface area contributed by atoms with Crippen molar-refractivity contribution in [1.29, 1.82) is 0 Å². The molecule has 0 radical (unpaired) electrons. The third-order valence-electron chi connectivity index (χ3n) is 1.81. The monoisotopic (exact) mass is 213 g/mol. The highest BCUT2D eigenvalue weighted by atomic mass is 35.5. The van der Waals surface area contributed by atoms with E-state index in [1.165, 1.54) is 0 Å². The first-order valence-corrected chi connectivity index (χ1v) is 4.58. The first-order valence-electron chi connectivity index (χ1n) is 4.05. The van der Waals surface area contributed by atoms with Crippen LogP contribution in [0.25, 0.3) is 5.57 Å². The Bertz CT molecular complexity index is 339. The normalized spacial score (nSPS) is 9.64. The van der Waals surface area contributed by atoms with Crippen LogP contribution in [-0.4, -0.2) is 25.1 Å². The van der Waals surface area contributed by atoms with Gasteiger partial charge in [-0.25, -0.2) is 4.98 Å². The number of methoxy groups -OCH3 is 2. The molecule has 0 saturated carbocycles. The number of nitrogens with zero attached hydrogens (tertiary/aromatic N) is 1. The summed E-state index contributed by atoms with van der Waals surface area (Å²) in [5, 5.41) is 0. The van der Waals surface area contributed by atoms with Crippen molar-refractivity contribution in [2.45, 2.75) is 0 Å². The Morgan fingerprint density at radius 1 is 1.50 bits per heavy atom. The summed E-state index contributed by atoms with van der Waals surface area (Å²) >= 11 is 5.69. The van der Waals surface area contributed by atoms with Gasteiger partial charge in [0.15, 0.2) is 0 Å². The van der Waals surface area contributed by atoms with Gasteiger partial charge in [0.05, 0.1) is 20.4 Å². The Morgan fingerprint density at radius 2 is 2.21 bits per heavy atom. The minimum atomic E-state index is 0.351. The molecule has 0 fully saturated rings. The Hall–Kier alpha value is -1.22. The largest absolute Gasteiger partial charge is 0.494 e. The summed E-state index contributed by atoms with van der Waals surface area (Å²) in [4.78, 5) is 4.01. The highest BCUT2D eigenvalue weighted by Crippen LogP contribution is 2.27. The molecule has 0 saturated heterocycles. The number of ether oxygens (including phenoxy) is 2. The van der Waals surface area contributed by atoms with Crippen molar-refractivity contribution < 1.29 is 9.47 Å². The van der Waals surface area contributed by atoms with Gasteiger partial charge in [0.25, 0.3) is 0 Å². The molecule has 0 aliphatic rings. The van der Waals surface area contributed by atoms with E-state index < -0.39 is 0 Å². The average Bonchev–Trinajstić information content (AvgIpc) is 2.27. The van der Waals surface area contributed by atoms with Crippen molar-refractivity contribution >= 4 is 17.2 Å². The fourth-order valence-electron chi connectivity index (χ4n) is 1.05. The molecule has 0 amide bonds. The fourth-order valence-corrected chi connectivity index (χ4v) is 1.19. The molecule has 76 valence electrons. The van der Waals surface area contributed by atoms with E-state index in [4.69, 9.17) is 21.1 Å². The molecule has 1 aromatic rings. The van der Waals surface area contributed by atoms with Crippen molar-refractivity contribution in [3.8, 4) is 11.6 Å². The number of halogens is 1. The molecule has 0 bridgehead atoms. The van der Waals surface area contributed by atoms with Crippen LogP contribution in [0.3, 0.4) is 0 Å². The van der Waals surface area contributed by atoms with E-state index in [9.17, 15) is 0 Å². The highest BCUT2D eigenvalue weighted by Gasteiger charge is 2.08. The summed E-state index contributed by atoms with van der Waals surface area (Å²) in [6.07, 6.45) is 1.59. The van der Waals surface area contributed by atoms with E-state index in [1.807, 2.05) is 0 Å². The van der Waals surface area contributed by atoms with Gasteiger partial charge in [-0.15, -0.1) is 11.6 Å². The molecule has 0 aliphatic heterocycles. The number of hydrogen-bond donors (Lipinski definition) is 0. The molecular weight excluding hydrogens is 202 g/mol. The average molecular weight is 214 g/mol. The second kappa shape index (κ2) is 4.86. The zero-order valence-corrected chi connectivity index (χ0v) is 8.97. The van der Waals surface area contributed by atoms with E-state index in [-0.39, 0.29) is 0 Å². The molecule has 3 nitrogen and oxygen atoms in total. The molecule has 1 aromatic heterocycles. The van der Waals surface area contributed by atoms with E-state index in [2.05, 4.69) is 11.6 Å². The standard InChI is InChI=1S/C10H12ClNO2/c1-7(5-11)8-4-10(14-3)12-6-9(8)13-2/h4,6H,1,5H2,2-3H3. The second-order valence-corrected chi connectivity index (χ2v) is 2.93. The van der Waals surface area contributed by atoms with Gasteiger partial charge in [-0.3, -0.25) is 0 Å². The Labute approximate surface area is 88.3 Å². The van der Waals surface area contributed by atoms with Gasteiger partial charge in [-0.05, 0) is 5.57 Å². The van der Waals surface area contributed by atoms with Gasteiger partial charge in [0.2, 0.25) is 5.88 Å². The van der Waals surface area contributed by atoms with Crippen LogP contribution in [0.2, 0.25) is 0 Å². The highest BCUT2D eigenvalue weighted by molar-refractivity contribution is 6.23. The summed E-state index contributed by atoms with van der Waals surface area (Å²) < 4.78 is 10.1. The van der Waals surface area contributed by atoms with Gasteiger partial charge in [0, 0.05) is 17.5 Å². The Kier molecular flexibility index (Phi) is 3.77. The predicted molar refractivity (Wildman–Crippen MR) is 57.1 cm³/mol. The lowest BCUT2D eigenvalue weighted by molar-refractivity contribution is 0.386. The molecule has 0 atom stereocenters. The van der Waals surface area contributed by atoms with Gasteiger partial charge in [-0.1, -0.05) is 6.58 Å². The SMILES string of the molecule is C=C(CCl)c1cc(OC)ncc1OC. The van der Waals surface area contributed by atoms with Crippen molar-refractivity contribution in [3.05, 3.63) is 24.4 Å². The van der Waals surface area contributed by atoms with E-state index >= 15 is 0 Å². The molecular formula is C10H12ClNO2. The molecule has 0 unspecified atom stereocenters. The number of aromatic nitrogens is 1. The summed E-state index contributed by atoms with van der Waals surface area (Å²) in [7, 11) is 3.14. The smallest absolute Gasteiger partial charge is 0.213 e. The third kappa shape index (κ3) is 2.17. The maximum atomic E-state index is 5.69. The zero-order chi connectivity index (χ0) is 10.6. The molecule has 14 heavy (non-hydrogen) atoms. The van der Waals surface area contributed by atoms with E-state index in [1.54, 1.807) is 26.5 Å². The lowest BCUT2D eigenvalue weighted by Gasteiger charge is -2.09. The van der Waals surface area contributed by atoms with Crippen LogP contribution in [0.4, 0.5) is 0 Å². The molecule has 1 heterocycles. The van der Waals surface area contributed by atoms with Crippen LogP contribution in [0.5, 0.6) is 11.6 Å². The van der Waals surface area contributed by atoms with Crippen LogP contribution in [0.1, 0.15) is 5.56 Å². The quantitative estimate of drug-likeness (QED) is 0.720. The summed E-state index contributed by atoms with van der Waals surface area (Å²) in [6.45, 7) is 3.83.